The van der Waals surface area contributed by atoms with Crippen molar-refractivity contribution in [3.63, 3.8) is 0 Å². The van der Waals surface area contributed by atoms with E-state index in [0.717, 1.165) is 43.4 Å². The van der Waals surface area contributed by atoms with Crippen molar-refractivity contribution in [2.24, 2.45) is 35.5 Å². The van der Waals surface area contributed by atoms with Crippen molar-refractivity contribution < 1.29 is 8.78 Å². The van der Waals surface area contributed by atoms with Crippen molar-refractivity contribution in [1.82, 2.24) is 0 Å². The average Bonchev–Trinajstić information content (AvgIpc) is 2.54. The summed E-state index contributed by atoms with van der Waals surface area (Å²) in [5.74, 6) is 3.12. The van der Waals surface area contributed by atoms with E-state index in [4.69, 9.17) is 0 Å². The molecule has 3 rings (SSSR count). The quantitative estimate of drug-likeness (QED) is 0.558. The third-order valence-corrected chi connectivity index (χ3v) is 7.36. The van der Waals surface area contributed by atoms with Gasteiger partial charge in [0.05, 0.1) is 0 Å². The SMILES string of the molecule is CC1CCC(C2CCC(C3CCC(C)[C@H](F)C3F)CC2)CC1. The number of hydrogen-bond donors (Lipinski definition) is 0. The molecule has 0 spiro atoms. The van der Waals surface area contributed by atoms with Gasteiger partial charge in [-0.1, -0.05) is 26.7 Å². The topological polar surface area (TPSA) is 0 Å². The molecule has 3 fully saturated rings. The lowest BCUT2D eigenvalue weighted by molar-refractivity contribution is -0.00996. The van der Waals surface area contributed by atoms with Gasteiger partial charge in [-0.25, -0.2) is 8.78 Å². The molecule has 0 bridgehead atoms. The van der Waals surface area contributed by atoms with E-state index in [1.807, 2.05) is 6.92 Å². The Balaban J connectivity index is 1.49. The van der Waals surface area contributed by atoms with Gasteiger partial charge in [0, 0.05) is 0 Å². The fourth-order valence-electron chi connectivity index (χ4n) is 5.62. The summed E-state index contributed by atoms with van der Waals surface area (Å²) in [6, 6.07) is 0. The summed E-state index contributed by atoms with van der Waals surface area (Å²) < 4.78 is 28.4. The van der Waals surface area contributed by atoms with Crippen LogP contribution in [0, 0.1) is 35.5 Å². The van der Waals surface area contributed by atoms with Gasteiger partial charge in [-0.05, 0) is 86.9 Å². The number of rotatable bonds is 2. The zero-order chi connectivity index (χ0) is 15.7. The van der Waals surface area contributed by atoms with E-state index in [-0.39, 0.29) is 11.8 Å². The van der Waals surface area contributed by atoms with Crippen LogP contribution >= 0.6 is 0 Å². The molecule has 0 heterocycles. The highest BCUT2D eigenvalue weighted by Crippen LogP contribution is 2.46. The van der Waals surface area contributed by atoms with Crippen LogP contribution in [0.25, 0.3) is 0 Å². The Morgan fingerprint density at radius 2 is 1.05 bits per heavy atom. The molecular weight excluding hydrogens is 278 g/mol. The molecule has 22 heavy (non-hydrogen) atoms. The molecule has 0 aromatic heterocycles. The number of hydrogen-bond acceptors (Lipinski definition) is 0. The Labute approximate surface area is 135 Å². The highest BCUT2D eigenvalue weighted by Gasteiger charge is 2.43. The van der Waals surface area contributed by atoms with Crippen molar-refractivity contribution in [2.45, 2.75) is 90.4 Å². The van der Waals surface area contributed by atoms with E-state index in [2.05, 4.69) is 6.92 Å². The summed E-state index contributed by atoms with van der Waals surface area (Å²) in [4.78, 5) is 0. The lowest BCUT2D eigenvalue weighted by atomic mass is 9.64. The Morgan fingerprint density at radius 3 is 1.64 bits per heavy atom. The van der Waals surface area contributed by atoms with Gasteiger partial charge >= 0.3 is 0 Å². The van der Waals surface area contributed by atoms with E-state index in [1.165, 1.54) is 38.5 Å². The van der Waals surface area contributed by atoms with Gasteiger partial charge in [-0.15, -0.1) is 0 Å². The second-order valence-electron chi connectivity index (χ2n) is 8.80. The predicted molar refractivity (Wildman–Crippen MR) is 88.3 cm³/mol. The van der Waals surface area contributed by atoms with E-state index in [9.17, 15) is 8.78 Å². The number of alkyl halides is 2. The second kappa shape index (κ2) is 7.18. The first-order valence-corrected chi connectivity index (χ1v) is 9.84. The standard InChI is InChI=1S/C20H34F2/c1-13-3-6-15(7-4-13)16-8-10-17(11-9-16)18-12-5-14(2)19(21)20(18)22/h13-20H,3-12H2,1-2H3/t13?,14?,15?,16?,17?,18?,19-,20?/m0/s1. The predicted octanol–water partition coefficient (Wildman–Crippen LogP) is 6.34. The van der Waals surface area contributed by atoms with Gasteiger partial charge in [-0.2, -0.15) is 0 Å². The van der Waals surface area contributed by atoms with Gasteiger partial charge in [0.25, 0.3) is 0 Å². The summed E-state index contributed by atoms with van der Waals surface area (Å²) >= 11 is 0. The first-order chi connectivity index (χ1) is 10.6. The van der Waals surface area contributed by atoms with Crippen LogP contribution in [0.1, 0.15) is 78.1 Å². The second-order valence-corrected chi connectivity index (χ2v) is 8.80. The highest BCUT2D eigenvalue weighted by atomic mass is 19.2. The zero-order valence-corrected chi connectivity index (χ0v) is 14.4. The monoisotopic (exact) mass is 312 g/mol. The van der Waals surface area contributed by atoms with E-state index < -0.39 is 12.3 Å². The average molecular weight is 312 g/mol. The third-order valence-electron chi connectivity index (χ3n) is 7.36. The van der Waals surface area contributed by atoms with Crippen molar-refractivity contribution >= 4 is 0 Å². The first kappa shape index (κ1) is 16.7. The van der Waals surface area contributed by atoms with Gasteiger partial charge in [0.15, 0.2) is 0 Å². The van der Waals surface area contributed by atoms with E-state index in [1.54, 1.807) is 0 Å². The lowest BCUT2D eigenvalue weighted by Crippen LogP contribution is -2.41. The Morgan fingerprint density at radius 1 is 0.545 bits per heavy atom. The Hall–Kier alpha value is -0.140. The molecule has 0 amide bonds. The van der Waals surface area contributed by atoms with Gasteiger partial charge in [-0.3, -0.25) is 0 Å². The van der Waals surface area contributed by atoms with Crippen molar-refractivity contribution in [3.05, 3.63) is 0 Å². The molecule has 0 aromatic carbocycles. The van der Waals surface area contributed by atoms with Crippen LogP contribution in [0.15, 0.2) is 0 Å². The third kappa shape index (κ3) is 3.51. The number of halogens is 2. The van der Waals surface area contributed by atoms with E-state index in [0.29, 0.717) is 5.92 Å². The summed E-state index contributed by atoms with van der Waals surface area (Å²) in [5, 5.41) is 0. The van der Waals surface area contributed by atoms with Crippen LogP contribution < -0.4 is 0 Å². The summed E-state index contributed by atoms with van der Waals surface area (Å²) in [7, 11) is 0. The van der Waals surface area contributed by atoms with Gasteiger partial charge in [0.2, 0.25) is 0 Å². The fraction of sp³-hybridized carbons (Fsp3) is 1.00. The molecule has 3 aliphatic rings. The molecule has 3 aliphatic carbocycles. The maximum atomic E-state index is 14.4. The normalized spacial score (nSPS) is 50.7. The molecule has 0 saturated heterocycles. The van der Waals surface area contributed by atoms with Crippen molar-refractivity contribution in [3.8, 4) is 0 Å². The molecule has 0 radical (unpaired) electrons. The maximum Gasteiger partial charge on any atom is 0.134 e. The molecule has 0 aliphatic heterocycles. The molecule has 0 N–H and O–H groups in total. The summed E-state index contributed by atoms with van der Waals surface area (Å²) in [6.45, 7) is 4.25. The summed E-state index contributed by atoms with van der Waals surface area (Å²) in [6.07, 6.45) is 9.89. The highest BCUT2D eigenvalue weighted by molar-refractivity contribution is 4.92. The van der Waals surface area contributed by atoms with Gasteiger partial charge < -0.3 is 0 Å². The Bertz CT molecular complexity index is 340. The smallest absolute Gasteiger partial charge is 0.134 e. The molecule has 2 heteroatoms. The molecule has 0 aromatic rings. The maximum absolute atomic E-state index is 14.4. The van der Waals surface area contributed by atoms with Crippen LogP contribution in [-0.4, -0.2) is 12.3 Å². The molecule has 3 unspecified atom stereocenters. The van der Waals surface area contributed by atoms with Crippen LogP contribution in [0.2, 0.25) is 0 Å². The minimum absolute atomic E-state index is 0.0125. The van der Waals surface area contributed by atoms with Crippen LogP contribution in [0.5, 0.6) is 0 Å². The van der Waals surface area contributed by atoms with Crippen molar-refractivity contribution in [1.29, 1.82) is 0 Å². The minimum Gasteiger partial charge on any atom is -0.244 e. The van der Waals surface area contributed by atoms with Crippen molar-refractivity contribution in [2.75, 3.05) is 0 Å². The Kier molecular flexibility index (Phi) is 5.45. The molecular formula is C20H34F2. The first-order valence-electron chi connectivity index (χ1n) is 9.84. The van der Waals surface area contributed by atoms with Crippen LogP contribution in [0.3, 0.4) is 0 Å². The van der Waals surface area contributed by atoms with Gasteiger partial charge in [0.1, 0.15) is 12.3 Å². The fourth-order valence-corrected chi connectivity index (χ4v) is 5.62. The van der Waals surface area contributed by atoms with E-state index >= 15 is 0 Å². The zero-order valence-electron chi connectivity index (χ0n) is 14.4. The minimum atomic E-state index is -1.21. The molecule has 0 nitrogen and oxygen atoms in total. The van der Waals surface area contributed by atoms with Crippen LogP contribution in [-0.2, 0) is 0 Å². The lowest BCUT2D eigenvalue weighted by Gasteiger charge is -2.42. The molecule has 128 valence electrons. The van der Waals surface area contributed by atoms with Crippen LogP contribution in [0.4, 0.5) is 8.78 Å². The largest absolute Gasteiger partial charge is 0.244 e. The molecule has 4 atom stereocenters. The molecule has 3 saturated carbocycles. The summed E-state index contributed by atoms with van der Waals surface area (Å²) in [5.41, 5.74) is 0.